The van der Waals surface area contributed by atoms with Gasteiger partial charge >= 0.3 is 5.97 Å². The Morgan fingerprint density at radius 2 is 2.26 bits per heavy atom. The van der Waals surface area contributed by atoms with Crippen LogP contribution in [-0.4, -0.2) is 40.0 Å². The van der Waals surface area contributed by atoms with E-state index in [1.54, 1.807) is 13.0 Å². The van der Waals surface area contributed by atoms with E-state index in [0.717, 1.165) is 0 Å². The zero-order chi connectivity index (χ0) is 14.4. The third-order valence-electron chi connectivity index (χ3n) is 2.45. The summed E-state index contributed by atoms with van der Waals surface area (Å²) in [5, 5.41) is 11.8. The van der Waals surface area contributed by atoms with Gasteiger partial charge in [0.15, 0.2) is 0 Å². The number of pyridine rings is 1. The highest BCUT2D eigenvalue weighted by Crippen LogP contribution is 2.16. The molecule has 104 valence electrons. The summed E-state index contributed by atoms with van der Waals surface area (Å²) >= 11 is 7.46. The Labute approximate surface area is 120 Å². The molecule has 0 aliphatic carbocycles. The lowest BCUT2D eigenvalue weighted by Gasteiger charge is -2.14. The zero-order valence-corrected chi connectivity index (χ0v) is 12.2. The molecule has 1 amide bonds. The first kappa shape index (κ1) is 15.8. The quantitative estimate of drug-likeness (QED) is 0.840. The van der Waals surface area contributed by atoms with Gasteiger partial charge in [0.1, 0.15) is 6.04 Å². The molecular weight excluding hydrogens is 288 g/mol. The highest BCUT2D eigenvalue weighted by atomic mass is 35.5. The van der Waals surface area contributed by atoms with Gasteiger partial charge in [0, 0.05) is 11.9 Å². The maximum atomic E-state index is 11.9. The van der Waals surface area contributed by atoms with Crippen molar-refractivity contribution in [2.45, 2.75) is 19.4 Å². The molecular formula is C12H15ClN2O3S. The van der Waals surface area contributed by atoms with Gasteiger partial charge < -0.3 is 10.4 Å². The molecule has 0 bridgehead atoms. The molecule has 19 heavy (non-hydrogen) atoms. The van der Waals surface area contributed by atoms with Crippen LogP contribution in [-0.2, 0) is 4.79 Å². The minimum absolute atomic E-state index is 0.183. The van der Waals surface area contributed by atoms with E-state index in [1.807, 2.05) is 6.26 Å². The Hall–Kier alpha value is -1.27. The largest absolute Gasteiger partial charge is 0.480 e. The van der Waals surface area contributed by atoms with Gasteiger partial charge in [-0.1, -0.05) is 11.6 Å². The minimum atomic E-state index is -1.06. The molecule has 1 aromatic rings. The number of carboxylic acids is 1. The van der Waals surface area contributed by atoms with Crippen molar-refractivity contribution >= 4 is 35.2 Å². The van der Waals surface area contributed by atoms with Crippen LogP contribution < -0.4 is 5.32 Å². The van der Waals surface area contributed by atoms with E-state index in [2.05, 4.69) is 10.3 Å². The summed E-state index contributed by atoms with van der Waals surface area (Å²) < 4.78 is 0. The second kappa shape index (κ2) is 7.35. The molecule has 1 heterocycles. The average Bonchev–Trinajstić information content (AvgIpc) is 2.33. The highest BCUT2D eigenvalue weighted by molar-refractivity contribution is 7.98. The smallest absolute Gasteiger partial charge is 0.326 e. The summed E-state index contributed by atoms with van der Waals surface area (Å²) in [6.45, 7) is 1.76. The molecule has 1 aromatic heterocycles. The van der Waals surface area contributed by atoms with Crippen molar-refractivity contribution in [3.05, 3.63) is 28.5 Å². The van der Waals surface area contributed by atoms with E-state index < -0.39 is 17.9 Å². The number of aliphatic carboxylic acids is 1. The number of nitrogens with one attached hydrogen (secondary N) is 1. The van der Waals surface area contributed by atoms with Gasteiger partial charge in [-0.25, -0.2) is 4.79 Å². The van der Waals surface area contributed by atoms with E-state index in [9.17, 15) is 9.59 Å². The Kier molecular flexibility index (Phi) is 6.11. The summed E-state index contributed by atoms with van der Waals surface area (Å²) in [7, 11) is 0. The van der Waals surface area contributed by atoms with Gasteiger partial charge in [0.2, 0.25) is 0 Å². The van der Waals surface area contributed by atoms with Crippen molar-refractivity contribution in [2.75, 3.05) is 12.0 Å². The van der Waals surface area contributed by atoms with Crippen molar-refractivity contribution in [3.63, 3.8) is 0 Å². The van der Waals surface area contributed by atoms with Crippen LogP contribution in [0.1, 0.15) is 22.5 Å². The van der Waals surface area contributed by atoms with Gasteiger partial charge in [0.05, 0.1) is 10.6 Å². The molecule has 1 rings (SSSR count). The first-order valence-corrected chi connectivity index (χ1v) is 7.37. The Bertz CT molecular complexity index is 482. The number of aryl methyl sites for hydroxylation is 1. The molecule has 1 unspecified atom stereocenters. The normalized spacial score (nSPS) is 11.9. The number of amides is 1. The SMILES string of the molecule is CSCCC(NC(=O)c1cnc(C)cc1Cl)C(=O)O. The Balaban J connectivity index is 2.78. The molecule has 1 atom stereocenters. The monoisotopic (exact) mass is 302 g/mol. The lowest BCUT2D eigenvalue weighted by atomic mass is 10.2. The summed E-state index contributed by atoms with van der Waals surface area (Å²) in [6, 6.07) is 0.644. The number of halogens is 1. The highest BCUT2D eigenvalue weighted by Gasteiger charge is 2.21. The zero-order valence-electron chi connectivity index (χ0n) is 10.6. The van der Waals surface area contributed by atoms with Gasteiger partial charge in [-0.3, -0.25) is 9.78 Å². The molecule has 0 spiro atoms. The van der Waals surface area contributed by atoms with Crippen LogP contribution in [0.15, 0.2) is 12.3 Å². The third kappa shape index (κ3) is 4.72. The lowest BCUT2D eigenvalue weighted by Crippen LogP contribution is -2.41. The first-order valence-electron chi connectivity index (χ1n) is 5.60. The van der Waals surface area contributed by atoms with Gasteiger partial charge in [0.25, 0.3) is 5.91 Å². The molecule has 0 aromatic carbocycles. The van der Waals surface area contributed by atoms with Crippen LogP contribution in [0.3, 0.4) is 0 Å². The van der Waals surface area contributed by atoms with E-state index >= 15 is 0 Å². The Morgan fingerprint density at radius 3 is 2.79 bits per heavy atom. The maximum Gasteiger partial charge on any atom is 0.326 e. The number of carbonyl (C=O) groups excluding carboxylic acids is 1. The molecule has 0 fully saturated rings. The van der Waals surface area contributed by atoms with E-state index in [-0.39, 0.29) is 10.6 Å². The Morgan fingerprint density at radius 1 is 1.58 bits per heavy atom. The van der Waals surface area contributed by atoms with Crippen molar-refractivity contribution < 1.29 is 14.7 Å². The minimum Gasteiger partial charge on any atom is -0.480 e. The second-order valence-corrected chi connectivity index (χ2v) is 5.34. The number of rotatable bonds is 6. The standard InChI is InChI=1S/C12H15ClN2O3S/c1-7-5-9(13)8(6-14-7)11(16)15-10(12(17)18)3-4-19-2/h5-6,10H,3-4H2,1-2H3,(H,15,16)(H,17,18). The second-order valence-electron chi connectivity index (χ2n) is 3.95. The molecule has 0 aliphatic rings. The summed E-state index contributed by atoms with van der Waals surface area (Å²) in [5.74, 6) is -0.929. The molecule has 7 heteroatoms. The van der Waals surface area contributed by atoms with Gasteiger partial charge in [-0.2, -0.15) is 11.8 Å². The van der Waals surface area contributed by atoms with Crippen LogP contribution in [0.5, 0.6) is 0 Å². The number of carboxylic acid groups (broad SMARTS) is 1. The number of nitrogens with zero attached hydrogens (tertiary/aromatic N) is 1. The van der Waals surface area contributed by atoms with Crippen LogP contribution in [0.2, 0.25) is 5.02 Å². The van der Waals surface area contributed by atoms with E-state index in [1.165, 1.54) is 18.0 Å². The molecule has 5 nitrogen and oxygen atoms in total. The summed E-state index contributed by atoms with van der Waals surface area (Å²) in [4.78, 5) is 27.0. The van der Waals surface area contributed by atoms with Crippen LogP contribution >= 0.6 is 23.4 Å². The lowest BCUT2D eigenvalue weighted by molar-refractivity contribution is -0.139. The predicted octanol–water partition coefficient (Wildman–Crippen LogP) is 1.98. The van der Waals surface area contributed by atoms with Crippen molar-refractivity contribution in [1.82, 2.24) is 10.3 Å². The number of carbonyl (C=O) groups is 2. The fourth-order valence-corrected chi connectivity index (χ4v) is 2.19. The summed E-state index contributed by atoms with van der Waals surface area (Å²) in [5.41, 5.74) is 0.876. The predicted molar refractivity (Wildman–Crippen MR) is 75.9 cm³/mol. The van der Waals surface area contributed by atoms with Gasteiger partial charge in [-0.05, 0) is 31.4 Å². The maximum absolute atomic E-state index is 11.9. The van der Waals surface area contributed by atoms with Crippen LogP contribution in [0.25, 0.3) is 0 Å². The first-order chi connectivity index (χ1) is 8.95. The van der Waals surface area contributed by atoms with E-state index in [0.29, 0.717) is 17.9 Å². The molecule has 0 saturated heterocycles. The van der Waals surface area contributed by atoms with Crippen molar-refractivity contribution in [3.8, 4) is 0 Å². The van der Waals surface area contributed by atoms with Crippen molar-refractivity contribution in [2.24, 2.45) is 0 Å². The fourth-order valence-electron chi connectivity index (χ4n) is 1.42. The number of hydrogen-bond donors (Lipinski definition) is 2. The topological polar surface area (TPSA) is 79.3 Å². The van der Waals surface area contributed by atoms with Gasteiger partial charge in [-0.15, -0.1) is 0 Å². The number of aromatic nitrogens is 1. The average molecular weight is 303 g/mol. The fraction of sp³-hybridized carbons (Fsp3) is 0.417. The molecule has 0 radical (unpaired) electrons. The summed E-state index contributed by atoms with van der Waals surface area (Å²) in [6.07, 6.45) is 3.58. The molecule has 0 aliphatic heterocycles. The number of hydrogen-bond acceptors (Lipinski definition) is 4. The van der Waals surface area contributed by atoms with Crippen molar-refractivity contribution in [1.29, 1.82) is 0 Å². The molecule has 2 N–H and O–H groups in total. The number of thioether (sulfide) groups is 1. The third-order valence-corrected chi connectivity index (χ3v) is 3.41. The van der Waals surface area contributed by atoms with E-state index in [4.69, 9.17) is 16.7 Å². The van der Waals surface area contributed by atoms with Crippen LogP contribution in [0.4, 0.5) is 0 Å². The van der Waals surface area contributed by atoms with Crippen LogP contribution in [0, 0.1) is 6.92 Å². The molecule has 0 saturated carbocycles.